The summed E-state index contributed by atoms with van der Waals surface area (Å²) in [4.78, 5) is 70.0. The third kappa shape index (κ3) is 12.1. The summed E-state index contributed by atoms with van der Waals surface area (Å²) < 4.78 is 12.5. The molecule has 164 valence electrons. The Morgan fingerprint density at radius 2 is 0.931 bits per heavy atom. The average Bonchev–Trinajstić information content (AvgIpc) is 2.55. The van der Waals surface area contributed by atoms with E-state index in [4.69, 9.17) is 6.64 Å². The van der Waals surface area contributed by atoms with Gasteiger partial charge in [0.15, 0.2) is 0 Å². The zero-order chi connectivity index (χ0) is 22.8. The second kappa shape index (κ2) is 13.1. The van der Waals surface area contributed by atoms with Crippen LogP contribution in [0.2, 0.25) is 9.45 Å². The van der Waals surface area contributed by atoms with Gasteiger partial charge in [-0.3, -0.25) is 0 Å². The molecule has 0 aromatic heterocycles. The molecule has 0 unspecified atom stereocenters. The SMILES string of the molecule is CC(=O)CC(=O)C(=O)C[CH2][Ti]([CH2]CC(=O)C(=O)CC(C)=O)([O]C(C)C)[O]C(C)C. The molecule has 9 heteroatoms. The Balaban J connectivity index is 5.36. The van der Waals surface area contributed by atoms with Crippen molar-refractivity contribution in [3.63, 3.8) is 0 Å². The van der Waals surface area contributed by atoms with Crippen LogP contribution in [0.25, 0.3) is 0 Å². The number of carbonyl (C=O) groups excluding carboxylic acids is 6. The molecule has 0 saturated heterocycles. The van der Waals surface area contributed by atoms with Gasteiger partial charge in [0.05, 0.1) is 0 Å². The predicted octanol–water partition coefficient (Wildman–Crippen LogP) is 2.67. The quantitative estimate of drug-likeness (QED) is 0.201. The molecule has 0 atom stereocenters. The average molecular weight is 448 g/mol. The van der Waals surface area contributed by atoms with Gasteiger partial charge in [0, 0.05) is 0 Å². The van der Waals surface area contributed by atoms with Crippen LogP contribution in [0.3, 0.4) is 0 Å². The second-order valence-corrected chi connectivity index (χ2v) is 12.8. The number of rotatable bonds is 16. The van der Waals surface area contributed by atoms with Crippen LogP contribution in [0.5, 0.6) is 0 Å². The number of ketones is 6. The number of Topliss-reactive ketones (excluding diaryl/α,β-unsaturated/α-hetero) is 6. The van der Waals surface area contributed by atoms with Crippen molar-refractivity contribution in [1.29, 1.82) is 0 Å². The molecule has 0 heterocycles. The van der Waals surface area contributed by atoms with Crippen LogP contribution in [0.15, 0.2) is 0 Å². The van der Waals surface area contributed by atoms with E-state index in [1.807, 2.05) is 0 Å². The molecule has 0 rings (SSSR count). The van der Waals surface area contributed by atoms with Crippen molar-refractivity contribution in [3.05, 3.63) is 0 Å². The molecule has 29 heavy (non-hydrogen) atoms. The first kappa shape index (κ1) is 27.7. The van der Waals surface area contributed by atoms with Crippen LogP contribution in [-0.2, 0) is 52.8 Å². The molecule has 0 radical (unpaired) electrons. The molecule has 0 bridgehead atoms. The Labute approximate surface area is 176 Å². The Bertz CT molecular complexity index is 595. The molecule has 0 aromatic carbocycles. The third-order valence-electron chi connectivity index (χ3n) is 3.81. The summed E-state index contributed by atoms with van der Waals surface area (Å²) in [5, 5.41) is 0. The molecule has 0 saturated carbocycles. The van der Waals surface area contributed by atoms with Crippen LogP contribution in [0.1, 0.15) is 67.2 Å². The zero-order valence-electron chi connectivity index (χ0n) is 18.2. The fourth-order valence-electron chi connectivity index (χ4n) is 2.78. The summed E-state index contributed by atoms with van der Waals surface area (Å²) in [7, 11) is 0. The van der Waals surface area contributed by atoms with Crippen molar-refractivity contribution in [1.82, 2.24) is 0 Å². The normalized spacial score (nSPS) is 11.6. The first-order valence-electron chi connectivity index (χ1n) is 9.74. The van der Waals surface area contributed by atoms with Crippen molar-refractivity contribution in [2.75, 3.05) is 0 Å². The van der Waals surface area contributed by atoms with Crippen molar-refractivity contribution >= 4 is 34.7 Å². The second-order valence-electron chi connectivity index (χ2n) is 7.69. The maximum atomic E-state index is 12.1. The van der Waals surface area contributed by atoms with Gasteiger partial charge in [-0.15, -0.1) is 0 Å². The van der Waals surface area contributed by atoms with Gasteiger partial charge in [0.1, 0.15) is 0 Å². The molecule has 0 aliphatic carbocycles. The van der Waals surface area contributed by atoms with Crippen LogP contribution >= 0.6 is 0 Å². The number of hydrogen-bond acceptors (Lipinski definition) is 8. The molecule has 0 N–H and O–H groups in total. The molecular weight excluding hydrogens is 416 g/mol. The van der Waals surface area contributed by atoms with E-state index in [1.54, 1.807) is 27.7 Å². The molecule has 0 aliphatic heterocycles. The van der Waals surface area contributed by atoms with Gasteiger partial charge >= 0.3 is 176 Å². The first-order chi connectivity index (χ1) is 13.3. The van der Waals surface area contributed by atoms with Crippen LogP contribution in [-0.4, -0.2) is 46.9 Å². The standard InChI is InChI=1S/2C7H9O3.2C3H7O.Ti/c2*1-3-6(9)7(10)4-5(2)8;2*1-3(2)4;/h2*1,3-4H2,2H3;2*3H,1-2H3;/q;;2*-1;+2. The Kier molecular flexibility index (Phi) is 12.5. The number of carbonyl (C=O) groups is 6. The van der Waals surface area contributed by atoms with E-state index < -0.39 is 53.3 Å². The molecular formula is C20H32O8Ti. The minimum atomic E-state index is -3.76. The molecule has 0 fully saturated rings. The monoisotopic (exact) mass is 448 g/mol. The van der Waals surface area contributed by atoms with Crippen molar-refractivity contribution in [2.45, 2.75) is 88.9 Å². The van der Waals surface area contributed by atoms with Gasteiger partial charge in [-0.05, 0) is 0 Å². The van der Waals surface area contributed by atoms with E-state index in [0.717, 1.165) is 0 Å². The van der Waals surface area contributed by atoms with E-state index in [2.05, 4.69) is 0 Å². The van der Waals surface area contributed by atoms with E-state index >= 15 is 0 Å². The zero-order valence-corrected chi connectivity index (χ0v) is 19.7. The van der Waals surface area contributed by atoms with Gasteiger partial charge in [0.25, 0.3) is 0 Å². The predicted molar refractivity (Wildman–Crippen MR) is 102 cm³/mol. The van der Waals surface area contributed by atoms with Gasteiger partial charge in [-0.25, -0.2) is 0 Å². The summed E-state index contributed by atoms with van der Waals surface area (Å²) in [6, 6.07) is 0. The molecule has 0 spiro atoms. The fraction of sp³-hybridized carbons (Fsp3) is 0.700. The molecule has 0 amide bonds. The molecule has 0 aromatic rings. The topological polar surface area (TPSA) is 121 Å². The fourth-order valence-corrected chi connectivity index (χ4v) is 8.58. The molecule has 0 aliphatic rings. The maximum absolute atomic E-state index is 12.1. The van der Waals surface area contributed by atoms with Crippen LogP contribution in [0.4, 0.5) is 0 Å². The third-order valence-corrected chi connectivity index (χ3v) is 9.78. The van der Waals surface area contributed by atoms with Crippen molar-refractivity contribution < 1.29 is 52.8 Å². The summed E-state index contributed by atoms with van der Waals surface area (Å²) in [5.41, 5.74) is 0. The van der Waals surface area contributed by atoms with E-state index in [0.29, 0.717) is 0 Å². The van der Waals surface area contributed by atoms with E-state index in [1.165, 1.54) is 13.8 Å². The summed E-state index contributed by atoms with van der Waals surface area (Å²) in [6.07, 6.45) is -1.62. The Morgan fingerprint density at radius 1 is 0.621 bits per heavy atom. The molecule has 8 nitrogen and oxygen atoms in total. The summed E-state index contributed by atoms with van der Waals surface area (Å²) >= 11 is -3.76. The van der Waals surface area contributed by atoms with Crippen molar-refractivity contribution in [3.8, 4) is 0 Å². The van der Waals surface area contributed by atoms with Crippen LogP contribution < -0.4 is 0 Å². The van der Waals surface area contributed by atoms with Gasteiger partial charge in [-0.2, -0.15) is 0 Å². The van der Waals surface area contributed by atoms with Gasteiger partial charge in [-0.1, -0.05) is 0 Å². The summed E-state index contributed by atoms with van der Waals surface area (Å²) in [6.45, 7) is 9.68. The summed E-state index contributed by atoms with van der Waals surface area (Å²) in [5.74, 6) is -3.63. The number of hydrogen-bond donors (Lipinski definition) is 0. The van der Waals surface area contributed by atoms with Gasteiger partial charge in [0.2, 0.25) is 0 Å². The van der Waals surface area contributed by atoms with E-state index in [9.17, 15) is 28.8 Å². The first-order valence-corrected chi connectivity index (χ1v) is 13.2. The Morgan fingerprint density at radius 3 is 1.17 bits per heavy atom. The van der Waals surface area contributed by atoms with E-state index in [-0.39, 0.29) is 46.1 Å². The van der Waals surface area contributed by atoms with Crippen molar-refractivity contribution in [2.24, 2.45) is 0 Å². The van der Waals surface area contributed by atoms with Gasteiger partial charge < -0.3 is 0 Å². The minimum absolute atomic E-state index is 0.138. The Hall–Kier alpha value is -1.35. The van der Waals surface area contributed by atoms with Crippen LogP contribution in [0, 0.1) is 0 Å².